The number of carbonyl (C=O) groups excluding carboxylic acids is 2. The molecule has 3 rings (SSSR count). The standard InChI is InChI=1S/C21H18ClN3O2S/c22-12-14-4-3-5-15(10-14)20(26)25-18(21(27)24-9-8-23)11-16-13-28-19-7-2-1-6-17(16)19/h1-7,10,13,18H,9,11-12H2,(H,24,27)(H,25,26). The highest BCUT2D eigenvalue weighted by Gasteiger charge is 2.23. The van der Waals surface area contributed by atoms with E-state index in [0.717, 1.165) is 21.2 Å². The van der Waals surface area contributed by atoms with Crippen LogP contribution in [0.15, 0.2) is 53.9 Å². The number of halogens is 1. The normalized spacial score (nSPS) is 11.6. The molecule has 1 atom stereocenters. The van der Waals surface area contributed by atoms with Crippen molar-refractivity contribution < 1.29 is 9.59 Å². The Hall–Kier alpha value is -2.88. The molecule has 0 fully saturated rings. The summed E-state index contributed by atoms with van der Waals surface area (Å²) < 4.78 is 1.12. The van der Waals surface area contributed by atoms with Gasteiger partial charge in [0.25, 0.3) is 5.91 Å². The maximum Gasteiger partial charge on any atom is 0.251 e. The van der Waals surface area contributed by atoms with Gasteiger partial charge in [-0.2, -0.15) is 5.26 Å². The number of hydrogen-bond acceptors (Lipinski definition) is 4. The smallest absolute Gasteiger partial charge is 0.251 e. The lowest BCUT2D eigenvalue weighted by Crippen LogP contribution is -2.48. The molecule has 0 bridgehead atoms. The van der Waals surface area contributed by atoms with Crippen LogP contribution in [0, 0.1) is 11.3 Å². The quantitative estimate of drug-likeness (QED) is 0.460. The summed E-state index contributed by atoms with van der Waals surface area (Å²) in [5.74, 6) is -0.448. The molecule has 28 heavy (non-hydrogen) atoms. The van der Waals surface area contributed by atoms with Gasteiger partial charge in [-0.05, 0) is 40.1 Å². The van der Waals surface area contributed by atoms with Crippen LogP contribution >= 0.6 is 22.9 Å². The van der Waals surface area contributed by atoms with Crippen LogP contribution in [0.3, 0.4) is 0 Å². The molecule has 1 aromatic heterocycles. The second-order valence-corrected chi connectivity index (χ2v) is 7.38. The highest BCUT2D eigenvalue weighted by Crippen LogP contribution is 2.26. The van der Waals surface area contributed by atoms with Gasteiger partial charge in [0.2, 0.25) is 5.91 Å². The van der Waals surface area contributed by atoms with Gasteiger partial charge in [-0.25, -0.2) is 0 Å². The van der Waals surface area contributed by atoms with E-state index in [0.29, 0.717) is 17.9 Å². The first-order chi connectivity index (χ1) is 13.6. The SMILES string of the molecule is N#CCNC(=O)C(Cc1csc2ccccc12)NC(=O)c1cccc(CCl)c1. The van der Waals surface area contributed by atoms with Crippen molar-refractivity contribution in [2.75, 3.05) is 6.54 Å². The summed E-state index contributed by atoms with van der Waals surface area (Å²) in [6.45, 7) is -0.114. The van der Waals surface area contributed by atoms with Crippen molar-refractivity contribution in [1.82, 2.24) is 10.6 Å². The molecule has 2 aromatic carbocycles. The highest BCUT2D eigenvalue weighted by molar-refractivity contribution is 7.17. The Labute approximate surface area is 171 Å². The van der Waals surface area contributed by atoms with Crippen molar-refractivity contribution in [3.63, 3.8) is 0 Å². The van der Waals surface area contributed by atoms with E-state index in [-0.39, 0.29) is 12.5 Å². The van der Waals surface area contributed by atoms with Crippen LogP contribution in [-0.4, -0.2) is 24.4 Å². The monoisotopic (exact) mass is 411 g/mol. The average Bonchev–Trinajstić information content (AvgIpc) is 3.14. The summed E-state index contributed by atoms with van der Waals surface area (Å²) in [7, 11) is 0. The third-order valence-electron chi connectivity index (χ3n) is 4.29. The lowest BCUT2D eigenvalue weighted by atomic mass is 10.0. The lowest BCUT2D eigenvalue weighted by molar-refractivity contribution is -0.122. The van der Waals surface area contributed by atoms with E-state index in [9.17, 15) is 9.59 Å². The minimum atomic E-state index is -0.793. The number of nitrogens with zero attached hydrogens (tertiary/aromatic N) is 1. The zero-order valence-corrected chi connectivity index (χ0v) is 16.5. The van der Waals surface area contributed by atoms with E-state index in [1.54, 1.807) is 29.5 Å². The Morgan fingerprint density at radius 1 is 1.18 bits per heavy atom. The lowest BCUT2D eigenvalue weighted by Gasteiger charge is -2.18. The Bertz CT molecular complexity index is 1040. The van der Waals surface area contributed by atoms with Crippen LogP contribution in [0.5, 0.6) is 0 Å². The first-order valence-corrected chi connectivity index (χ1v) is 10.1. The van der Waals surface area contributed by atoms with Gasteiger partial charge in [0, 0.05) is 22.6 Å². The highest BCUT2D eigenvalue weighted by atomic mass is 35.5. The van der Waals surface area contributed by atoms with Crippen molar-refractivity contribution in [1.29, 1.82) is 5.26 Å². The van der Waals surface area contributed by atoms with E-state index < -0.39 is 11.9 Å². The van der Waals surface area contributed by atoms with Crippen molar-refractivity contribution >= 4 is 44.8 Å². The largest absolute Gasteiger partial charge is 0.341 e. The summed E-state index contributed by atoms with van der Waals surface area (Å²) in [6, 6.07) is 16.0. The van der Waals surface area contributed by atoms with Gasteiger partial charge in [0.05, 0.1) is 6.07 Å². The Morgan fingerprint density at radius 2 is 2.00 bits per heavy atom. The molecule has 0 saturated carbocycles. The number of nitriles is 1. The number of alkyl halides is 1. The molecule has 7 heteroatoms. The molecule has 0 aliphatic rings. The maximum atomic E-state index is 12.7. The molecule has 0 spiro atoms. The molecule has 142 valence electrons. The van der Waals surface area contributed by atoms with Crippen LogP contribution in [0.1, 0.15) is 21.5 Å². The maximum absolute atomic E-state index is 12.7. The van der Waals surface area contributed by atoms with Crippen molar-refractivity contribution in [2.24, 2.45) is 0 Å². The van der Waals surface area contributed by atoms with Gasteiger partial charge in [-0.1, -0.05) is 30.3 Å². The minimum absolute atomic E-state index is 0.114. The van der Waals surface area contributed by atoms with Gasteiger partial charge < -0.3 is 10.6 Å². The number of hydrogen-bond donors (Lipinski definition) is 2. The van der Waals surface area contributed by atoms with E-state index >= 15 is 0 Å². The van der Waals surface area contributed by atoms with Gasteiger partial charge in [-0.3, -0.25) is 9.59 Å². The molecule has 2 N–H and O–H groups in total. The van der Waals surface area contributed by atoms with Crippen molar-refractivity contribution in [2.45, 2.75) is 18.3 Å². The van der Waals surface area contributed by atoms with Crippen LogP contribution in [-0.2, 0) is 17.1 Å². The van der Waals surface area contributed by atoms with Crippen molar-refractivity contribution in [3.8, 4) is 6.07 Å². The van der Waals surface area contributed by atoms with Crippen LogP contribution in [0.2, 0.25) is 0 Å². The number of fused-ring (bicyclic) bond motifs is 1. The van der Waals surface area contributed by atoms with Crippen LogP contribution < -0.4 is 10.6 Å². The van der Waals surface area contributed by atoms with E-state index in [1.807, 2.05) is 41.8 Å². The fourth-order valence-electron chi connectivity index (χ4n) is 2.91. The van der Waals surface area contributed by atoms with Gasteiger partial charge in [-0.15, -0.1) is 22.9 Å². The molecule has 0 saturated heterocycles. The van der Waals surface area contributed by atoms with Crippen LogP contribution in [0.4, 0.5) is 0 Å². The molecule has 1 heterocycles. The number of rotatable bonds is 7. The molecule has 5 nitrogen and oxygen atoms in total. The number of carbonyl (C=O) groups is 2. The zero-order valence-electron chi connectivity index (χ0n) is 14.9. The zero-order chi connectivity index (χ0) is 19.9. The second-order valence-electron chi connectivity index (χ2n) is 6.20. The fourth-order valence-corrected chi connectivity index (χ4v) is 4.05. The average molecular weight is 412 g/mol. The summed E-state index contributed by atoms with van der Waals surface area (Å²) in [5.41, 5.74) is 2.24. The molecule has 2 amide bonds. The predicted molar refractivity (Wildman–Crippen MR) is 111 cm³/mol. The summed E-state index contributed by atoms with van der Waals surface area (Å²) in [5, 5.41) is 17.1. The third kappa shape index (κ3) is 4.69. The third-order valence-corrected chi connectivity index (χ3v) is 5.61. The number of nitrogens with one attached hydrogen (secondary N) is 2. The number of benzene rings is 2. The molecule has 1 unspecified atom stereocenters. The van der Waals surface area contributed by atoms with Gasteiger partial charge in [0.15, 0.2) is 0 Å². The summed E-state index contributed by atoms with van der Waals surface area (Å²) in [6.07, 6.45) is 0.336. The van der Waals surface area contributed by atoms with Gasteiger partial charge >= 0.3 is 0 Å². The van der Waals surface area contributed by atoms with Crippen molar-refractivity contribution in [3.05, 3.63) is 70.6 Å². The molecule has 0 aliphatic carbocycles. The molecule has 3 aromatic rings. The summed E-state index contributed by atoms with van der Waals surface area (Å²) in [4.78, 5) is 25.3. The fraction of sp³-hybridized carbons (Fsp3) is 0.190. The minimum Gasteiger partial charge on any atom is -0.341 e. The first-order valence-electron chi connectivity index (χ1n) is 8.68. The Balaban J connectivity index is 1.83. The first kappa shape index (κ1) is 19.9. The number of amides is 2. The topological polar surface area (TPSA) is 82.0 Å². The molecular weight excluding hydrogens is 394 g/mol. The van der Waals surface area contributed by atoms with E-state index in [2.05, 4.69) is 10.6 Å². The Morgan fingerprint density at radius 3 is 2.79 bits per heavy atom. The van der Waals surface area contributed by atoms with E-state index in [1.165, 1.54) is 0 Å². The van der Waals surface area contributed by atoms with Crippen LogP contribution in [0.25, 0.3) is 10.1 Å². The predicted octanol–water partition coefficient (Wildman–Crippen LogP) is 3.62. The summed E-state index contributed by atoms with van der Waals surface area (Å²) >= 11 is 7.44. The number of thiophene rings is 1. The van der Waals surface area contributed by atoms with E-state index in [4.69, 9.17) is 16.9 Å². The molecular formula is C21H18ClN3O2S. The molecule has 0 radical (unpaired) electrons. The Kier molecular flexibility index (Phi) is 6.64. The molecule has 0 aliphatic heterocycles. The van der Waals surface area contributed by atoms with Gasteiger partial charge in [0.1, 0.15) is 12.6 Å². The second kappa shape index (κ2) is 9.36.